The number of carbonyl (C=O) groups excluding carboxylic acids is 4. The molecule has 2 fully saturated rings. The number of ether oxygens (including phenoxy) is 1. The molecule has 0 spiro atoms. The van der Waals surface area contributed by atoms with Crippen molar-refractivity contribution >= 4 is 31.1 Å². The lowest BCUT2D eigenvalue weighted by atomic mass is 9.76. The van der Waals surface area contributed by atoms with Gasteiger partial charge >= 0.3 is 19.2 Å². The van der Waals surface area contributed by atoms with E-state index in [9.17, 15) is 33.6 Å². The lowest BCUT2D eigenvalue weighted by molar-refractivity contribution is -0.141. The molecular weight excluding hydrogens is 596 g/mol. The van der Waals surface area contributed by atoms with Crippen LogP contribution in [0.15, 0.2) is 18.2 Å². The molecule has 1 aromatic rings. The highest BCUT2D eigenvalue weighted by atomic mass is 19.1. The van der Waals surface area contributed by atoms with E-state index in [1.165, 1.54) is 15.9 Å². The van der Waals surface area contributed by atoms with Crippen LogP contribution in [0.4, 0.5) is 14.0 Å². The maximum Gasteiger partial charge on any atom is 0.475 e. The number of nitrogens with zero attached hydrogens (tertiary/aromatic N) is 2. The summed E-state index contributed by atoms with van der Waals surface area (Å²) in [5.74, 6) is -2.38. The second kappa shape index (κ2) is 15.9. The predicted octanol–water partition coefficient (Wildman–Crippen LogP) is 2.84. The van der Waals surface area contributed by atoms with Crippen LogP contribution in [0.5, 0.6) is 0 Å². The highest BCUT2D eigenvalue weighted by molar-refractivity contribution is 6.43. The maximum atomic E-state index is 14.3. The van der Waals surface area contributed by atoms with Crippen molar-refractivity contribution in [3.63, 3.8) is 0 Å². The largest absolute Gasteiger partial charge is 0.475 e. The number of fused-ring (bicyclic) bond motifs is 1. The summed E-state index contributed by atoms with van der Waals surface area (Å²) in [5.41, 5.74) is 1.12. The Labute approximate surface area is 270 Å². The number of hydrogen-bond donors (Lipinski definition) is 5. The first-order chi connectivity index (χ1) is 21.9. The van der Waals surface area contributed by atoms with Gasteiger partial charge in [-0.05, 0) is 49.7 Å². The maximum absolute atomic E-state index is 14.3. The number of urea groups is 1. The van der Waals surface area contributed by atoms with Gasteiger partial charge in [0.2, 0.25) is 11.8 Å². The molecule has 12 nitrogen and oxygen atoms in total. The molecule has 46 heavy (non-hydrogen) atoms. The average Bonchev–Trinajstić information content (AvgIpc) is 3.65. The van der Waals surface area contributed by atoms with Crippen molar-refractivity contribution in [3.8, 4) is 0 Å². The van der Waals surface area contributed by atoms with E-state index in [1.807, 2.05) is 27.7 Å². The van der Waals surface area contributed by atoms with Crippen LogP contribution in [0.1, 0.15) is 90.2 Å². The highest BCUT2D eigenvalue weighted by Gasteiger charge is 2.46. The van der Waals surface area contributed by atoms with Crippen LogP contribution in [-0.2, 0) is 27.4 Å². The van der Waals surface area contributed by atoms with Gasteiger partial charge in [-0.15, -0.1) is 0 Å². The Morgan fingerprint density at radius 3 is 2.39 bits per heavy atom. The topological polar surface area (TPSA) is 161 Å². The van der Waals surface area contributed by atoms with E-state index in [-0.39, 0.29) is 43.9 Å². The van der Waals surface area contributed by atoms with Crippen LogP contribution in [0.3, 0.4) is 0 Å². The van der Waals surface area contributed by atoms with Crippen molar-refractivity contribution in [2.24, 2.45) is 11.8 Å². The van der Waals surface area contributed by atoms with E-state index < -0.39 is 61.0 Å². The summed E-state index contributed by atoms with van der Waals surface area (Å²) in [6.07, 6.45) is 3.65. The molecular formula is C32H49BFN5O7. The zero-order chi connectivity index (χ0) is 33.5. The molecule has 5 amide bonds. The van der Waals surface area contributed by atoms with Crippen LogP contribution in [0.2, 0.25) is 0 Å². The Hall–Kier alpha value is -3.39. The van der Waals surface area contributed by atoms with Crippen molar-refractivity contribution in [2.45, 2.75) is 122 Å². The van der Waals surface area contributed by atoms with E-state index in [2.05, 4.69) is 16.0 Å². The number of halogens is 1. The van der Waals surface area contributed by atoms with Gasteiger partial charge in [0.1, 0.15) is 24.0 Å². The molecule has 1 aliphatic carbocycles. The number of carbonyl (C=O) groups is 4. The summed E-state index contributed by atoms with van der Waals surface area (Å²) < 4.78 is 20.1. The van der Waals surface area contributed by atoms with Crippen molar-refractivity contribution in [2.75, 3.05) is 6.54 Å². The van der Waals surface area contributed by atoms with Crippen LogP contribution in [0, 0.1) is 17.7 Å². The number of hydrogen-bond acceptors (Lipinski definition) is 7. The molecule has 1 aromatic carbocycles. The SMILES string of the molecule is CCC[C@H](NC(=O)C1C[C@@H](OC(=O)N2Cc3cccc(F)c3C2)CN1C(=O)[C@@H](NC(=O)N[C@H](C)C(C)C)C1CCCCC1)B(O)O. The first kappa shape index (κ1) is 35.5. The fraction of sp³-hybridized carbons (Fsp3) is 0.688. The Kier molecular flexibility index (Phi) is 12.3. The Morgan fingerprint density at radius 1 is 1.04 bits per heavy atom. The lowest BCUT2D eigenvalue weighted by Gasteiger charge is -2.35. The van der Waals surface area contributed by atoms with E-state index in [0.29, 0.717) is 24.0 Å². The van der Waals surface area contributed by atoms with Crippen molar-refractivity contribution in [1.29, 1.82) is 0 Å². The summed E-state index contributed by atoms with van der Waals surface area (Å²) >= 11 is 0. The normalized spacial score (nSPS) is 21.7. The fourth-order valence-electron chi connectivity index (χ4n) is 6.57. The molecule has 0 bridgehead atoms. The molecule has 1 unspecified atom stereocenters. The molecule has 0 aromatic heterocycles. The highest BCUT2D eigenvalue weighted by Crippen LogP contribution is 2.31. The van der Waals surface area contributed by atoms with Crippen LogP contribution in [-0.4, -0.2) is 87.6 Å². The van der Waals surface area contributed by atoms with Gasteiger partial charge in [-0.25, -0.2) is 14.0 Å². The minimum absolute atomic E-state index is 0.0210. The molecule has 0 radical (unpaired) electrons. The van der Waals surface area contributed by atoms with Gasteiger partial charge in [-0.2, -0.15) is 0 Å². The van der Waals surface area contributed by atoms with Crippen LogP contribution >= 0.6 is 0 Å². The zero-order valence-electron chi connectivity index (χ0n) is 27.3. The quantitative estimate of drug-likeness (QED) is 0.232. The van der Waals surface area contributed by atoms with Gasteiger partial charge in [-0.3, -0.25) is 14.5 Å². The number of nitrogens with one attached hydrogen (secondary N) is 3. The molecule has 5 atom stereocenters. The zero-order valence-corrected chi connectivity index (χ0v) is 27.3. The van der Waals surface area contributed by atoms with E-state index in [4.69, 9.17) is 4.74 Å². The summed E-state index contributed by atoms with van der Waals surface area (Å²) in [4.78, 5) is 57.0. The molecule has 4 rings (SSSR count). The van der Waals surface area contributed by atoms with Crippen LogP contribution < -0.4 is 16.0 Å². The molecule has 2 aliphatic heterocycles. The van der Waals surface area contributed by atoms with Gasteiger partial charge in [0.05, 0.1) is 19.0 Å². The summed E-state index contributed by atoms with van der Waals surface area (Å²) in [5, 5.41) is 28.2. The summed E-state index contributed by atoms with van der Waals surface area (Å²) in [7, 11) is -1.80. The Morgan fingerprint density at radius 2 is 1.76 bits per heavy atom. The fourth-order valence-corrected chi connectivity index (χ4v) is 6.57. The monoisotopic (exact) mass is 645 g/mol. The van der Waals surface area contributed by atoms with E-state index >= 15 is 0 Å². The van der Waals surface area contributed by atoms with Gasteiger partial charge in [-0.1, -0.05) is 58.6 Å². The third-order valence-corrected chi connectivity index (χ3v) is 9.62. The second-order valence-electron chi connectivity index (χ2n) is 13.3. The summed E-state index contributed by atoms with van der Waals surface area (Å²) in [6, 6.07) is 2.08. The van der Waals surface area contributed by atoms with E-state index in [0.717, 1.165) is 32.1 Å². The molecule has 1 saturated carbocycles. The summed E-state index contributed by atoms with van der Waals surface area (Å²) in [6.45, 7) is 7.83. The smallest absolute Gasteiger partial charge is 0.444 e. The first-order valence-corrected chi connectivity index (χ1v) is 16.6. The third-order valence-electron chi connectivity index (χ3n) is 9.62. The average molecular weight is 646 g/mol. The minimum atomic E-state index is -1.80. The van der Waals surface area contributed by atoms with Gasteiger partial charge in [0.15, 0.2) is 0 Å². The number of benzene rings is 1. The predicted molar refractivity (Wildman–Crippen MR) is 169 cm³/mol. The number of likely N-dealkylation sites (tertiary alicyclic amines) is 1. The molecule has 14 heteroatoms. The number of rotatable bonds is 11. The number of amides is 5. The molecule has 3 aliphatic rings. The van der Waals surface area contributed by atoms with Crippen molar-refractivity contribution in [3.05, 3.63) is 35.1 Å². The van der Waals surface area contributed by atoms with Gasteiger partial charge in [0.25, 0.3) is 0 Å². The van der Waals surface area contributed by atoms with Gasteiger partial charge < -0.3 is 35.6 Å². The standard InChI is InChI=1S/C32H49BFN5O7/c1-5-10-27(33(44)45)36-29(40)26-15-23(46-32(43)38-16-22-13-9-14-25(34)24(22)18-38)17-39(26)30(41)28(21-11-7-6-8-12-21)37-31(42)35-20(4)19(2)3/h9,13-14,19-21,23,26-28,44-45H,5-8,10-12,15-18H2,1-4H3,(H,36,40)(H2,35,37,42)/t20-,23-,26?,27+,28+/m1/s1. The second-order valence-corrected chi connectivity index (χ2v) is 13.3. The third kappa shape index (κ3) is 8.70. The van der Waals surface area contributed by atoms with Crippen molar-refractivity contribution in [1.82, 2.24) is 25.8 Å². The molecule has 2 heterocycles. The first-order valence-electron chi connectivity index (χ1n) is 16.6. The van der Waals surface area contributed by atoms with Crippen LogP contribution in [0.25, 0.3) is 0 Å². The molecule has 1 saturated heterocycles. The van der Waals surface area contributed by atoms with E-state index in [1.54, 1.807) is 12.1 Å². The Bertz CT molecular complexity index is 1250. The van der Waals surface area contributed by atoms with Gasteiger partial charge in [0, 0.05) is 24.6 Å². The molecule has 254 valence electrons. The molecule has 5 N–H and O–H groups in total. The van der Waals surface area contributed by atoms with Crippen molar-refractivity contribution < 1.29 is 38.4 Å². The lowest BCUT2D eigenvalue weighted by Crippen LogP contribution is -2.59. The minimum Gasteiger partial charge on any atom is -0.444 e. The Balaban J connectivity index is 1.55.